The molecule has 1 aromatic carbocycles. The summed E-state index contributed by atoms with van der Waals surface area (Å²) in [5.74, 6) is -0.671. The second-order valence-corrected chi connectivity index (χ2v) is 6.10. The summed E-state index contributed by atoms with van der Waals surface area (Å²) in [6.45, 7) is 0. The van der Waals surface area contributed by atoms with Crippen LogP contribution in [-0.2, 0) is 9.53 Å². The van der Waals surface area contributed by atoms with E-state index in [-0.39, 0.29) is 11.9 Å². The van der Waals surface area contributed by atoms with Crippen LogP contribution in [0.25, 0.3) is 5.69 Å². The Bertz CT molecular complexity index is 718. The topological polar surface area (TPSA) is 73.2 Å². The smallest absolute Gasteiger partial charge is 0.331 e. The Morgan fingerprint density at radius 2 is 1.88 bits per heavy atom. The van der Waals surface area contributed by atoms with Crippen molar-refractivity contribution in [1.29, 1.82) is 0 Å². The average molecular weight is 327 g/mol. The highest BCUT2D eigenvalue weighted by molar-refractivity contribution is 5.97. The highest BCUT2D eigenvalue weighted by Crippen LogP contribution is 2.29. The summed E-state index contributed by atoms with van der Waals surface area (Å²) in [5.41, 5.74) is 0.378. The monoisotopic (exact) mass is 327 g/mol. The van der Waals surface area contributed by atoms with Crippen LogP contribution in [0, 0.1) is 0 Å². The summed E-state index contributed by atoms with van der Waals surface area (Å²) in [4.78, 5) is 24.8. The summed E-state index contributed by atoms with van der Waals surface area (Å²) in [6.07, 6.45) is 7.27. The fourth-order valence-corrected chi connectivity index (χ4v) is 3.18. The van der Waals surface area contributed by atoms with Crippen LogP contribution in [0.5, 0.6) is 0 Å². The van der Waals surface area contributed by atoms with E-state index in [0.29, 0.717) is 18.4 Å². The molecular weight excluding hydrogens is 306 g/mol. The Balaban J connectivity index is 1.79. The van der Waals surface area contributed by atoms with Crippen LogP contribution < -0.4 is 5.32 Å². The van der Waals surface area contributed by atoms with Crippen molar-refractivity contribution in [2.75, 3.05) is 7.11 Å². The van der Waals surface area contributed by atoms with Crippen LogP contribution in [0.4, 0.5) is 0 Å². The summed E-state index contributed by atoms with van der Waals surface area (Å²) in [5, 5.41) is 7.13. The first-order valence-electron chi connectivity index (χ1n) is 8.16. The van der Waals surface area contributed by atoms with Gasteiger partial charge in [-0.1, -0.05) is 37.5 Å². The number of carbonyl (C=O) groups excluding carboxylic acids is 2. The van der Waals surface area contributed by atoms with Crippen molar-refractivity contribution in [3.8, 4) is 5.69 Å². The maximum atomic E-state index is 12.6. The number of nitrogens with one attached hydrogen (secondary N) is 1. The van der Waals surface area contributed by atoms with Gasteiger partial charge in [0, 0.05) is 6.20 Å². The van der Waals surface area contributed by atoms with Gasteiger partial charge in [-0.15, -0.1) is 0 Å². The molecule has 0 saturated heterocycles. The van der Waals surface area contributed by atoms with Gasteiger partial charge in [-0.05, 0) is 25.0 Å². The predicted octanol–water partition coefficient (Wildman–Crippen LogP) is 2.48. The third-order valence-electron chi connectivity index (χ3n) is 4.50. The highest BCUT2D eigenvalue weighted by Gasteiger charge is 2.42. The van der Waals surface area contributed by atoms with Gasteiger partial charge in [0.2, 0.25) is 0 Å². The van der Waals surface area contributed by atoms with Crippen LogP contribution >= 0.6 is 0 Å². The maximum absolute atomic E-state index is 12.6. The highest BCUT2D eigenvalue weighted by atomic mass is 16.5. The third kappa shape index (κ3) is 3.18. The number of aromatic nitrogens is 2. The number of hydrogen-bond acceptors (Lipinski definition) is 4. The lowest BCUT2D eigenvalue weighted by molar-refractivity contribution is -0.149. The molecule has 0 bridgehead atoms. The number of nitrogens with zero attached hydrogens (tertiary/aromatic N) is 2. The zero-order chi connectivity index (χ0) is 17.0. The van der Waals surface area contributed by atoms with E-state index in [1.807, 2.05) is 30.3 Å². The van der Waals surface area contributed by atoms with Crippen LogP contribution in [-0.4, -0.2) is 34.3 Å². The molecule has 1 heterocycles. The Morgan fingerprint density at radius 3 is 2.54 bits per heavy atom. The Kier molecular flexibility index (Phi) is 4.64. The molecule has 3 rings (SSSR count). The molecule has 1 amide bonds. The fourth-order valence-electron chi connectivity index (χ4n) is 3.18. The normalized spacial score (nSPS) is 16.4. The first kappa shape index (κ1) is 16.2. The molecule has 2 aromatic rings. The summed E-state index contributed by atoms with van der Waals surface area (Å²) < 4.78 is 6.57. The van der Waals surface area contributed by atoms with Gasteiger partial charge in [-0.3, -0.25) is 4.79 Å². The molecule has 1 fully saturated rings. The van der Waals surface area contributed by atoms with Crippen LogP contribution in [0.2, 0.25) is 0 Å². The number of amides is 1. The number of ether oxygens (including phenoxy) is 1. The molecule has 0 radical (unpaired) electrons. The molecule has 126 valence electrons. The van der Waals surface area contributed by atoms with E-state index in [2.05, 4.69) is 10.4 Å². The quantitative estimate of drug-likeness (QED) is 0.876. The van der Waals surface area contributed by atoms with Crippen molar-refractivity contribution >= 4 is 11.9 Å². The molecule has 1 N–H and O–H groups in total. The fraction of sp³-hybridized carbons (Fsp3) is 0.389. The number of esters is 1. The zero-order valence-electron chi connectivity index (χ0n) is 13.7. The van der Waals surface area contributed by atoms with Crippen molar-refractivity contribution in [3.05, 3.63) is 48.3 Å². The summed E-state index contributed by atoms with van der Waals surface area (Å²) in [6, 6.07) is 9.55. The Hall–Kier alpha value is -2.63. The molecule has 24 heavy (non-hydrogen) atoms. The van der Waals surface area contributed by atoms with Crippen molar-refractivity contribution in [3.63, 3.8) is 0 Å². The van der Waals surface area contributed by atoms with E-state index < -0.39 is 5.54 Å². The molecule has 1 aromatic heterocycles. The molecule has 0 atom stereocenters. The minimum absolute atomic E-state index is 0.301. The lowest BCUT2D eigenvalue weighted by Crippen LogP contribution is -2.56. The van der Waals surface area contributed by atoms with Gasteiger partial charge in [-0.2, -0.15) is 5.10 Å². The predicted molar refractivity (Wildman–Crippen MR) is 88.9 cm³/mol. The van der Waals surface area contributed by atoms with Gasteiger partial charge < -0.3 is 10.1 Å². The van der Waals surface area contributed by atoms with E-state index in [1.54, 1.807) is 10.9 Å². The molecule has 6 nitrogen and oxygen atoms in total. The number of para-hydroxylation sites is 1. The van der Waals surface area contributed by atoms with Gasteiger partial charge in [0.05, 0.1) is 24.6 Å². The van der Waals surface area contributed by atoms with E-state index >= 15 is 0 Å². The SMILES string of the molecule is COC(=O)C1(NC(=O)c2cnn(-c3ccccc3)c2)CCCCC1. The number of carbonyl (C=O) groups is 2. The second kappa shape index (κ2) is 6.86. The van der Waals surface area contributed by atoms with Gasteiger partial charge in [0.15, 0.2) is 0 Å². The van der Waals surface area contributed by atoms with Crippen molar-refractivity contribution in [1.82, 2.24) is 15.1 Å². The first-order chi connectivity index (χ1) is 11.6. The lowest BCUT2D eigenvalue weighted by atomic mass is 9.81. The van der Waals surface area contributed by atoms with Crippen molar-refractivity contribution in [2.24, 2.45) is 0 Å². The summed E-state index contributed by atoms with van der Waals surface area (Å²) in [7, 11) is 1.36. The third-order valence-corrected chi connectivity index (χ3v) is 4.50. The first-order valence-corrected chi connectivity index (χ1v) is 8.16. The molecule has 0 aliphatic heterocycles. The van der Waals surface area contributed by atoms with Gasteiger partial charge in [0.1, 0.15) is 5.54 Å². The standard InChI is InChI=1S/C18H21N3O3/c1-24-17(23)18(10-6-3-7-11-18)20-16(22)14-12-19-21(13-14)15-8-4-2-5-9-15/h2,4-5,8-9,12-13H,3,6-7,10-11H2,1H3,(H,20,22). The van der Waals surface area contributed by atoms with Crippen molar-refractivity contribution in [2.45, 2.75) is 37.6 Å². The van der Waals surface area contributed by atoms with Crippen LogP contribution in [0.3, 0.4) is 0 Å². The van der Waals surface area contributed by atoms with Gasteiger partial charge in [0.25, 0.3) is 5.91 Å². The van der Waals surface area contributed by atoms with Crippen LogP contribution in [0.15, 0.2) is 42.7 Å². The lowest BCUT2D eigenvalue weighted by Gasteiger charge is -2.35. The molecule has 6 heteroatoms. The number of methoxy groups -OCH3 is 1. The minimum Gasteiger partial charge on any atom is -0.467 e. The number of benzene rings is 1. The average Bonchev–Trinajstić information content (AvgIpc) is 3.13. The second-order valence-electron chi connectivity index (χ2n) is 6.10. The van der Waals surface area contributed by atoms with E-state index in [9.17, 15) is 9.59 Å². The maximum Gasteiger partial charge on any atom is 0.331 e. The largest absolute Gasteiger partial charge is 0.467 e. The van der Waals surface area contributed by atoms with Gasteiger partial charge >= 0.3 is 5.97 Å². The molecule has 1 aliphatic carbocycles. The van der Waals surface area contributed by atoms with Crippen molar-refractivity contribution < 1.29 is 14.3 Å². The van der Waals surface area contributed by atoms with Crippen LogP contribution in [0.1, 0.15) is 42.5 Å². The molecule has 1 aliphatic rings. The zero-order valence-corrected chi connectivity index (χ0v) is 13.7. The molecule has 0 unspecified atom stereocenters. The van der Waals surface area contributed by atoms with E-state index in [4.69, 9.17) is 4.74 Å². The van der Waals surface area contributed by atoms with Gasteiger partial charge in [-0.25, -0.2) is 9.48 Å². The molecular formula is C18H21N3O3. The molecule has 0 spiro atoms. The Labute approximate surface area is 140 Å². The minimum atomic E-state index is -0.918. The number of rotatable bonds is 4. The molecule has 1 saturated carbocycles. The van der Waals surface area contributed by atoms with E-state index in [0.717, 1.165) is 24.9 Å². The number of hydrogen-bond donors (Lipinski definition) is 1. The summed E-state index contributed by atoms with van der Waals surface area (Å²) >= 11 is 0. The Morgan fingerprint density at radius 1 is 1.17 bits per heavy atom. The van der Waals surface area contributed by atoms with E-state index in [1.165, 1.54) is 13.3 Å².